The summed E-state index contributed by atoms with van der Waals surface area (Å²) in [6.07, 6.45) is 0. The van der Waals surface area contributed by atoms with Crippen LogP contribution in [0.2, 0.25) is 0 Å². The maximum Gasteiger partial charge on any atom is 0.326 e. The number of amidine groups is 1. The van der Waals surface area contributed by atoms with Gasteiger partial charge in [-0.3, -0.25) is 19.9 Å². The quantitative estimate of drug-likeness (QED) is 0.303. The van der Waals surface area contributed by atoms with E-state index in [0.29, 0.717) is 11.1 Å². The Balaban J connectivity index is 1.68. The van der Waals surface area contributed by atoms with Gasteiger partial charge < -0.3 is 15.8 Å². The molecule has 1 aliphatic rings. The van der Waals surface area contributed by atoms with Gasteiger partial charge in [0.05, 0.1) is 0 Å². The third-order valence-corrected chi connectivity index (χ3v) is 4.58. The van der Waals surface area contributed by atoms with E-state index in [9.17, 15) is 14.4 Å². The SMILES string of the molecule is C[C@@]1(c2ccc(C(=N)N)cc2)NC(=O)N(CC(=O)OCc2ccccc2)C1=O. The van der Waals surface area contributed by atoms with E-state index in [1.165, 1.54) is 0 Å². The van der Waals surface area contributed by atoms with Crippen LogP contribution >= 0.6 is 0 Å². The second kappa shape index (κ2) is 7.51. The van der Waals surface area contributed by atoms with E-state index in [0.717, 1.165) is 10.5 Å². The summed E-state index contributed by atoms with van der Waals surface area (Å²) in [5.41, 5.74) is 5.96. The molecule has 144 valence electrons. The lowest BCUT2D eigenvalue weighted by Gasteiger charge is -2.22. The normalized spacial score (nSPS) is 18.7. The van der Waals surface area contributed by atoms with Crippen molar-refractivity contribution in [2.24, 2.45) is 5.73 Å². The number of hydrogen-bond donors (Lipinski definition) is 3. The van der Waals surface area contributed by atoms with Crippen LogP contribution in [-0.2, 0) is 26.5 Å². The molecule has 1 heterocycles. The number of nitrogens with zero attached hydrogens (tertiary/aromatic N) is 1. The number of nitrogens with one attached hydrogen (secondary N) is 2. The zero-order chi connectivity index (χ0) is 20.3. The number of hydrogen-bond acceptors (Lipinski definition) is 5. The van der Waals surface area contributed by atoms with Crippen molar-refractivity contribution in [3.8, 4) is 0 Å². The lowest BCUT2D eigenvalue weighted by molar-refractivity contribution is -0.148. The first-order chi connectivity index (χ1) is 13.3. The van der Waals surface area contributed by atoms with Crippen LogP contribution in [0.5, 0.6) is 0 Å². The van der Waals surface area contributed by atoms with Gasteiger partial charge in [0.15, 0.2) is 0 Å². The summed E-state index contributed by atoms with van der Waals surface area (Å²) in [5.74, 6) is -1.32. The Labute approximate surface area is 161 Å². The maximum atomic E-state index is 12.8. The number of nitrogens with two attached hydrogens (primary N) is 1. The van der Waals surface area contributed by atoms with Gasteiger partial charge in [0, 0.05) is 5.56 Å². The molecule has 3 rings (SSSR count). The molecule has 3 amide bonds. The van der Waals surface area contributed by atoms with Crippen LogP contribution < -0.4 is 11.1 Å². The highest BCUT2D eigenvalue weighted by Gasteiger charge is 2.49. The average molecular weight is 380 g/mol. The van der Waals surface area contributed by atoms with Gasteiger partial charge in [0.25, 0.3) is 5.91 Å². The Morgan fingerprint density at radius 2 is 1.79 bits per heavy atom. The fourth-order valence-corrected chi connectivity index (χ4v) is 2.93. The lowest BCUT2D eigenvalue weighted by Crippen LogP contribution is -2.41. The molecule has 8 heteroatoms. The number of benzene rings is 2. The molecule has 0 saturated carbocycles. The molecule has 0 spiro atoms. The highest BCUT2D eigenvalue weighted by atomic mass is 16.5. The van der Waals surface area contributed by atoms with E-state index in [1.54, 1.807) is 31.2 Å². The van der Waals surface area contributed by atoms with E-state index in [1.807, 2.05) is 30.3 Å². The molecule has 2 aromatic carbocycles. The second-order valence-corrected chi connectivity index (χ2v) is 6.58. The Morgan fingerprint density at radius 3 is 2.39 bits per heavy atom. The first kappa shape index (κ1) is 19.1. The Bertz CT molecular complexity index is 927. The molecule has 1 fully saturated rings. The van der Waals surface area contributed by atoms with Crippen molar-refractivity contribution in [3.63, 3.8) is 0 Å². The molecule has 0 unspecified atom stereocenters. The van der Waals surface area contributed by atoms with E-state index in [-0.39, 0.29) is 12.4 Å². The molecule has 1 atom stereocenters. The number of carbonyl (C=O) groups is 3. The molecule has 8 nitrogen and oxygen atoms in total. The van der Waals surface area contributed by atoms with E-state index < -0.39 is 30.0 Å². The van der Waals surface area contributed by atoms with Crippen molar-refractivity contribution in [2.75, 3.05) is 6.54 Å². The number of urea groups is 1. The van der Waals surface area contributed by atoms with Gasteiger partial charge in [-0.1, -0.05) is 54.6 Å². The van der Waals surface area contributed by atoms with Gasteiger partial charge in [0.2, 0.25) is 0 Å². The van der Waals surface area contributed by atoms with Crippen LogP contribution in [0, 0.1) is 5.41 Å². The smallest absolute Gasteiger partial charge is 0.326 e. The molecule has 0 aromatic heterocycles. The second-order valence-electron chi connectivity index (χ2n) is 6.58. The molecule has 1 aliphatic heterocycles. The fraction of sp³-hybridized carbons (Fsp3) is 0.200. The van der Waals surface area contributed by atoms with Gasteiger partial charge in [-0.05, 0) is 18.1 Å². The van der Waals surface area contributed by atoms with Crippen LogP contribution in [0.3, 0.4) is 0 Å². The van der Waals surface area contributed by atoms with Crippen LogP contribution in [0.25, 0.3) is 0 Å². The number of amides is 3. The number of rotatable bonds is 6. The van der Waals surface area contributed by atoms with Gasteiger partial charge >= 0.3 is 12.0 Å². The highest BCUT2D eigenvalue weighted by Crippen LogP contribution is 2.29. The van der Waals surface area contributed by atoms with Gasteiger partial charge in [-0.2, -0.15) is 0 Å². The highest BCUT2D eigenvalue weighted by molar-refractivity contribution is 6.09. The molecule has 0 aliphatic carbocycles. The van der Waals surface area contributed by atoms with Crippen LogP contribution in [0.1, 0.15) is 23.6 Å². The first-order valence-electron chi connectivity index (χ1n) is 8.60. The molecule has 0 radical (unpaired) electrons. The largest absolute Gasteiger partial charge is 0.459 e. The van der Waals surface area contributed by atoms with Crippen molar-refractivity contribution >= 4 is 23.7 Å². The summed E-state index contributed by atoms with van der Waals surface area (Å²) in [7, 11) is 0. The monoisotopic (exact) mass is 380 g/mol. The molecule has 28 heavy (non-hydrogen) atoms. The van der Waals surface area contributed by atoms with Crippen molar-refractivity contribution in [1.82, 2.24) is 10.2 Å². The molecular weight excluding hydrogens is 360 g/mol. The Kier molecular flexibility index (Phi) is 5.12. The van der Waals surface area contributed by atoms with E-state index >= 15 is 0 Å². The van der Waals surface area contributed by atoms with Crippen LogP contribution in [0.4, 0.5) is 4.79 Å². The van der Waals surface area contributed by atoms with Crippen molar-refractivity contribution in [2.45, 2.75) is 19.1 Å². The Hall–Kier alpha value is -3.68. The molecule has 4 N–H and O–H groups in total. The zero-order valence-corrected chi connectivity index (χ0v) is 15.3. The lowest BCUT2D eigenvalue weighted by atomic mass is 9.91. The number of esters is 1. The predicted octanol–water partition coefficient (Wildman–Crippen LogP) is 1.48. The molecule has 2 aromatic rings. The summed E-state index contributed by atoms with van der Waals surface area (Å²) in [5, 5.41) is 10.0. The van der Waals surface area contributed by atoms with E-state index in [2.05, 4.69) is 5.32 Å². The third-order valence-electron chi connectivity index (χ3n) is 4.58. The number of imide groups is 1. The standard InChI is InChI=1S/C20H20N4O4/c1-20(15-9-7-14(8-10-15)17(21)22)18(26)24(19(27)23-20)11-16(25)28-12-13-5-3-2-4-6-13/h2-10H,11-12H2,1H3,(H3,21,22)(H,23,27)/t20-/m0/s1. The summed E-state index contributed by atoms with van der Waals surface area (Å²) in [6.45, 7) is 1.15. The zero-order valence-electron chi connectivity index (χ0n) is 15.3. The summed E-state index contributed by atoms with van der Waals surface area (Å²) in [6, 6.07) is 14.9. The topological polar surface area (TPSA) is 126 Å². The van der Waals surface area contributed by atoms with Gasteiger partial charge in [0.1, 0.15) is 24.5 Å². The van der Waals surface area contributed by atoms with Gasteiger partial charge in [-0.25, -0.2) is 4.79 Å². The molecular formula is C20H20N4O4. The van der Waals surface area contributed by atoms with Crippen molar-refractivity contribution < 1.29 is 19.1 Å². The van der Waals surface area contributed by atoms with E-state index in [4.69, 9.17) is 15.9 Å². The average Bonchev–Trinajstić information content (AvgIpc) is 2.91. The molecule has 0 bridgehead atoms. The van der Waals surface area contributed by atoms with Crippen molar-refractivity contribution in [3.05, 3.63) is 71.3 Å². The maximum absolute atomic E-state index is 12.8. The van der Waals surface area contributed by atoms with Gasteiger partial charge in [-0.15, -0.1) is 0 Å². The summed E-state index contributed by atoms with van der Waals surface area (Å²) in [4.78, 5) is 38.1. The fourth-order valence-electron chi connectivity index (χ4n) is 2.93. The third kappa shape index (κ3) is 3.71. The number of carbonyl (C=O) groups excluding carboxylic acids is 3. The van der Waals surface area contributed by atoms with Crippen LogP contribution in [-0.4, -0.2) is 35.2 Å². The van der Waals surface area contributed by atoms with Crippen molar-refractivity contribution in [1.29, 1.82) is 5.41 Å². The summed E-state index contributed by atoms with van der Waals surface area (Å²) >= 11 is 0. The number of ether oxygens (including phenoxy) is 1. The minimum absolute atomic E-state index is 0.0626. The number of nitrogen functional groups attached to an aromatic ring is 1. The predicted molar refractivity (Wildman–Crippen MR) is 101 cm³/mol. The minimum atomic E-state index is -1.31. The first-order valence-corrected chi connectivity index (χ1v) is 8.60. The summed E-state index contributed by atoms with van der Waals surface area (Å²) < 4.78 is 5.15. The molecule has 1 saturated heterocycles. The Morgan fingerprint density at radius 1 is 1.14 bits per heavy atom. The van der Waals surface area contributed by atoms with Crippen LogP contribution in [0.15, 0.2) is 54.6 Å². The minimum Gasteiger partial charge on any atom is -0.459 e.